The second kappa shape index (κ2) is 4.85. The van der Waals surface area contributed by atoms with Crippen molar-refractivity contribution in [3.8, 4) is 0 Å². The molecule has 8 heteroatoms. The molecule has 0 spiro atoms. The van der Waals surface area contributed by atoms with Gasteiger partial charge in [-0.1, -0.05) is 18.2 Å². The fourth-order valence-electron chi connectivity index (χ4n) is 2.52. The molecular formula is C13H13ClN4O2S. The topological polar surface area (TPSA) is 69.8 Å². The van der Waals surface area contributed by atoms with Crippen molar-refractivity contribution in [2.75, 3.05) is 0 Å². The van der Waals surface area contributed by atoms with E-state index in [1.165, 1.54) is 6.33 Å². The maximum absolute atomic E-state index is 11.9. The van der Waals surface area contributed by atoms with Gasteiger partial charge in [0.2, 0.25) is 0 Å². The largest absolute Gasteiger partial charge is 0.336 e. The van der Waals surface area contributed by atoms with Crippen molar-refractivity contribution in [1.29, 1.82) is 0 Å². The molecule has 0 saturated carbocycles. The van der Waals surface area contributed by atoms with E-state index in [1.54, 1.807) is 30.8 Å². The summed E-state index contributed by atoms with van der Waals surface area (Å²) in [5.41, 5.74) is 1.39. The maximum Gasteiger partial charge on any atom is 0.263 e. The normalized spacial score (nSPS) is 12.1. The number of para-hydroxylation sites is 1. The lowest BCUT2D eigenvalue weighted by Gasteiger charge is -2.07. The monoisotopic (exact) mass is 324 g/mol. The first kappa shape index (κ1) is 14.1. The highest BCUT2D eigenvalue weighted by molar-refractivity contribution is 8.14. The summed E-state index contributed by atoms with van der Waals surface area (Å²) in [5.74, 6) is 0.734. The highest BCUT2D eigenvalue weighted by Crippen LogP contribution is 2.32. The van der Waals surface area contributed by atoms with Gasteiger partial charge >= 0.3 is 0 Å². The van der Waals surface area contributed by atoms with Crippen LogP contribution in [0.15, 0.2) is 35.5 Å². The van der Waals surface area contributed by atoms with Crippen molar-refractivity contribution in [1.82, 2.24) is 19.3 Å². The Bertz CT molecular complexity index is 927. The van der Waals surface area contributed by atoms with Crippen LogP contribution in [0.4, 0.5) is 0 Å². The molecule has 0 amide bonds. The third-order valence-corrected chi connectivity index (χ3v) is 4.99. The number of rotatable bonds is 3. The first-order chi connectivity index (χ1) is 9.89. The van der Waals surface area contributed by atoms with Crippen molar-refractivity contribution in [3.05, 3.63) is 42.1 Å². The summed E-state index contributed by atoms with van der Waals surface area (Å²) in [7, 11) is 3.57. The zero-order chi connectivity index (χ0) is 15.2. The van der Waals surface area contributed by atoms with Crippen molar-refractivity contribution in [2.45, 2.75) is 18.4 Å². The Labute approximate surface area is 126 Å². The molecule has 0 atom stereocenters. The molecule has 6 nitrogen and oxygen atoms in total. The minimum Gasteiger partial charge on any atom is -0.336 e. The summed E-state index contributed by atoms with van der Waals surface area (Å²) in [6, 6.07) is 7.27. The van der Waals surface area contributed by atoms with E-state index in [2.05, 4.69) is 10.1 Å². The second-order valence-electron chi connectivity index (χ2n) is 4.76. The van der Waals surface area contributed by atoms with Crippen LogP contribution in [-0.2, 0) is 22.6 Å². The van der Waals surface area contributed by atoms with E-state index in [1.807, 2.05) is 16.7 Å². The number of hydrogen-bond acceptors (Lipinski definition) is 4. The molecule has 0 unspecified atom stereocenters. The van der Waals surface area contributed by atoms with Crippen molar-refractivity contribution < 1.29 is 8.42 Å². The standard InChI is InChI=1S/C13H13ClN4O2S/c1-9-13(21(14,19)20)10-5-3-4-6-11(10)18(9)7-12-15-8-16-17(12)2/h3-6,8H,7H2,1-2H3. The third kappa shape index (κ3) is 2.32. The molecule has 21 heavy (non-hydrogen) atoms. The van der Waals surface area contributed by atoms with Crippen LogP contribution in [0.1, 0.15) is 11.5 Å². The molecule has 0 aliphatic carbocycles. The molecule has 0 aliphatic heterocycles. The number of aryl methyl sites for hydroxylation is 1. The van der Waals surface area contributed by atoms with Crippen LogP contribution in [0, 0.1) is 6.92 Å². The lowest BCUT2D eigenvalue weighted by atomic mass is 10.2. The molecule has 0 N–H and O–H groups in total. The van der Waals surface area contributed by atoms with Crippen LogP contribution in [-0.4, -0.2) is 27.7 Å². The van der Waals surface area contributed by atoms with Gasteiger partial charge in [0, 0.05) is 28.8 Å². The number of hydrogen-bond donors (Lipinski definition) is 0. The fourth-order valence-corrected chi connectivity index (χ4v) is 4.00. The molecule has 1 aromatic carbocycles. The predicted molar refractivity (Wildman–Crippen MR) is 79.8 cm³/mol. The molecule has 0 saturated heterocycles. The number of aromatic nitrogens is 4. The van der Waals surface area contributed by atoms with Crippen LogP contribution < -0.4 is 0 Å². The van der Waals surface area contributed by atoms with E-state index in [0.717, 1.165) is 11.3 Å². The van der Waals surface area contributed by atoms with Crippen LogP contribution in [0.25, 0.3) is 10.9 Å². The Hall–Kier alpha value is -1.86. The zero-order valence-electron chi connectivity index (χ0n) is 11.5. The van der Waals surface area contributed by atoms with E-state index >= 15 is 0 Å². The molecule has 0 fully saturated rings. The Morgan fingerprint density at radius 1 is 1.29 bits per heavy atom. The van der Waals surface area contributed by atoms with Gasteiger partial charge in [-0.3, -0.25) is 4.68 Å². The van der Waals surface area contributed by atoms with Crippen LogP contribution in [0.2, 0.25) is 0 Å². The molecule has 2 aromatic heterocycles. The van der Waals surface area contributed by atoms with Gasteiger partial charge in [0.05, 0.1) is 12.1 Å². The molecule has 110 valence electrons. The Kier molecular flexibility index (Phi) is 3.26. The summed E-state index contributed by atoms with van der Waals surface area (Å²) in [6.07, 6.45) is 1.47. The van der Waals surface area contributed by atoms with Gasteiger partial charge in [-0.15, -0.1) is 0 Å². The number of fused-ring (bicyclic) bond motifs is 1. The maximum atomic E-state index is 11.9. The third-order valence-electron chi connectivity index (χ3n) is 3.52. The van der Waals surface area contributed by atoms with Crippen molar-refractivity contribution in [3.63, 3.8) is 0 Å². The highest BCUT2D eigenvalue weighted by Gasteiger charge is 2.23. The van der Waals surface area contributed by atoms with Crippen molar-refractivity contribution in [2.24, 2.45) is 7.05 Å². The van der Waals surface area contributed by atoms with Gasteiger partial charge in [-0.25, -0.2) is 13.4 Å². The SMILES string of the molecule is Cc1c(S(=O)(=O)Cl)c2ccccc2n1Cc1ncnn1C. The average molecular weight is 325 g/mol. The summed E-state index contributed by atoms with van der Waals surface area (Å²) in [6.45, 7) is 2.17. The smallest absolute Gasteiger partial charge is 0.263 e. The quantitative estimate of drug-likeness (QED) is 0.691. The van der Waals surface area contributed by atoms with Gasteiger partial charge in [-0.2, -0.15) is 5.10 Å². The number of nitrogens with zero attached hydrogens (tertiary/aromatic N) is 4. The van der Waals surface area contributed by atoms with Crippen LogP contribution in [0.3, 0.4) is 0 Å². The van der Waals surface area contributed by atoms with Gasteiger partial charge in [0.1, 0.15) is 17.0 Å². The number of halogens is 1. The Morgan fingerprint density at radius 3 is 2.62 bits per heavy atom. The zero-order valence-corrected chi connectivity index (χ0v) is 13.1. The van der Waals surface area contributed by atoms with Crippen LogP contribution >= 0.6 is 10.7 Å². The lowest BCUT2D eigenvalue weighted by molar-refractivity contribution is 0.607. The van der Waals surface area contributed by atoms with Gasteiger partial charge in [0.15, 0.2) is 0 Å². The van der Waals surface area contributed by atoms with Crippen molar-refractivity contribution >= 4 is 30.6 Å². The summed E-state index contributed by atoms with van der Waals surface area (Å²) in [5, 5.41) is 4.64. The minimum atomic E-state index is -3.82. The Morgan fingerprint density at radius 2 is 2.00 bits per heavy atom. The first-order valence-electron chi connectivity index (χ1n) is 6.25. The highest BCUT2D eigenvalue weighted by atomic mass is 35.7. The summed E-state index contributed by atoms with van der Waals surface area (Å²) < 4.78 is 27.3. The van der Waals surface area contributed by atoms with E-state index in [-0.39, 0.29) is 4.90 Å². The van der Waals surface area contributed by atoms with E-state index in [0.29, 0.717) is 17.6 Å². The van der Waals surface area contributed by atoms with E-state index in [9.17, 15) is 8.42 Å². The second-order valence-corrected chi connectivity index (χ2v) is 7.26. The summed E-state index contributed by atoms with van der Waals surface area (Å²) in [4.78, 5) is 4.33. The predicted octanol–water partition coefficient (Wildman–Crippen LogP) is 2.05. The van der Waals surface area contributed by atoms with Gasteiger partial charge < -0.3 is 4.57 Å². The van der Waals surface area contributed by atoms with Crippen LogP contribution in [0.5, 0.6) is 0 Å². The van der Waals surface area contributed by atoms with E-state index in [4.69, 9.17) is 10.7 Å². The summed E-state index contributed by atoms with van der Waals surface area (Å²) >= 11 is 0. The Balaban J connectivity index is 2.29. The molecule has 2 heterocycles. The molecular weight excluding hydrogens is 312 g/mol. The van der Waals surface area contributed by atoms with Gasteiger partial charge in [0.25, 0.3) is 9.05 Å². The van der Waals surface area contributed by atoms with E-state index < -0.39 is 9.05 Å². The molecule has 3 aromatic rings. The van der Waals surface area contributed by atoms with Gasteiger partial charge in [-0.05, 0) is 13.0 Å². The molecule has 0 radical (unpaired) electrons. The molecule has 0 bridgehead atoms. The average Bonchev–Trinajstić information content (AvgIpc) is 2.92. The first-order valence-corrected chi connectivity index (χ1v) is 8.56. The molecule has 3 rings (SSSR count). The number of benzene rings is 1. The lowest BCUT2D eigenvalue weighted by Crippen LogP contribution is -2.08. The fraction of sp³-hybridized carbons (Fsp3) is 0.231. The molecule has 0 aliphatic rings. The minimum absolute atomic E-state index is 0.155.